The molecule has 0 aliphatic rings. The number of benzene rings is 1. The summed E-state index contributed by atoms with van der Waals surface area (Å²) in [4.78, 5) is 11.7. The topological polar surface area (TPSA) is 77.5 Å². The second kappa shape index (κ2) is 7.47. The zero-order valence-corrected chi connectivity index (χ0v) is 11.2. The van der Waals surface area contributed by atoms with E-state index < -0.39 is 0 Å². The Morgan fingerprint density at radius 1 is 1.30 bits per heavy atom. The number of ether oxygens (including phenoxy) is 1. The third-order valence-electron chi connectivity index (χ3n) is 2.76. The number of hydrogen-bond donors (Lipinski definition) is 2. The average molecular weight is 274 g/mol. The molecule has 0 saturated carbocycles. The largest absolute Gasteiger partial charge is 0.467 e. The van der Waals surface area contributed by atoms with Gasteiger partial charge in [-0.25, -0.2) is 0 Å². The highest BCUT2D eigenvalue weighted by molar-refractivity contribution is 5.93. The lowest BCUT2D eigenvalue weighted by atomic mass is 10.2. The smallest absolute Gasteiger partial charge is 0.254 e. The van der Waals surface area contributed by atoms with Crippen molar-refractivity contribution < 1.29 is 13.9 Å². The van der Waals surface area contributed by atoms with Gasteiger partial charge < -0.3 is 20.2 Å². The number of nitrogens with two attached hydrogens (primary N) is 1. The van der Waals surface area contributed by atoms with Crippen LogP contribution in [0.3, 0.4) is 0 Å². The van der Waals surface area contributed by atoms with E-state index >= 15 is 0 Å². The minimum atomic E-state index is -0.184. The molecule has 5 heteroatoms. The van der Waals surface area contributed by atoms with Crippen molar-refractivity contribution in [3.05, 3.63) is 59.5 Å². The number of carbonyl (C=O) groups excluding carboxylic acids is 1. The van der Waals surface area contributed by atoms with Crippen LogP contribution in [0.15, 0.2) is 47.1 Å². The Morgan fingerprint density at radius 2 is 2.10 bits per heavy atom. The van der Waals surface area contributed by atoms with Gasteiger partial charge in [0.15, 0.2) is 0 Å². The van der Waals surface area contributed by atoms with Gasteiger partial charge in [-0.3, -0.25) is 4.79 Å². The van der Waals surface area contributed by atoms with Gasteiger partial charge in [-0.1, -0.05) is 30.3 Å². The Bertz CT molecular complexity index is 537. The van der Waals surface area contributed by atoms with Gasteiger partial charge in [0.1, 0.15) is 12.0 Å². The molecule has 20 heavy (non-hydrogen) atoms. The molecule has 106 valence electrons. The van der Waals surface area contributed by atoms with Gasteiger partial charge in [0, 0.05) is 6.54 Å². The lowest BCUT2D eigenvalue weighted by molar-refractivity contribution is 0.0900. The van der Waals surface area contributed by atoms with E-state index in [0.29, 0.717) is 31.1 Å². The number of amides is 1. The minimum Gasteiger partial charge on any atom is -0.467 e. The molecule has 0 saturated heterocycles. The fourth-order valence-electron chi connectivity index (χ4n) is 1.71. The first kappa shape index (κ1) is 14.3. The van der Waals surface area contributed by atoms with E-state index in [0.717, 1.165) is 5.56 Å². The fraction of sp³-hybridized carbons (Fsp3) is 0.267. The Hall–Kier alpha value is -2.11. The molecule has 0 fully saturated rings. The summed E-state index contributed by atoms with van der Waals surface area (Å²) in [7, 11) is 0. The van der Waals surface area contributed by atoms with Gasteiger partial charge >= 0.3 is 0 Å². The number of hydrogen-bond acceptors (Lipinski definition) is 4. The second-order valence-corrected chi connectivity index (χ2v) is 4.30. The molecular weight excluding hydrogens is 256 g/mol. The van der Waals surface area contributed by atoms with Crippen molar-refractivity contribution in [2.75, 3.05) is 13.2 Å². The summed E-state index contributed by atoms with van der Waals surface area (Å²) in [6.45, 7) is 1.74. The van der Waals surface area contributed by atoms with Gasteiger partial charge in [-0.05, 0) is 11.6 Å². The van der Waals surface area contributed by atoms with Crippen LogP contribution in [0.1, 0.15) is 21.7 Å². The van der Waals surface area contributed by atoms with Crippen LogP contribution in [-0.4, -0.2) is 19.1 Å². The predicted molar refractivity (Wildman–Crippen MR) is 75.0 cm³/mol. The average Bonchev–Trinajstić information content (AvgIpc) is 2.97. The van der Waals surface area contributed by atoms with Crippen LogP contribution in [0.25, 0.3) is 0 Å². The zero-order chi connectivity index (χ0) is 14.2. The molecule has 2 rings (SSSR count). The molecule has 0 aliphatic heterocycles. The van der Waals surface area contributed by atoms with Gasteiger partial charge in [0.2, 0.25) is 0 Å². The summed E-state index contributed by atoms with van der Waals surface area (Å²) in [5.41, 5.74) is 7.01. The lowest BCUT2D eigenvalue weighted by Gasteiger charge is -2.05. The molecule has 3 N–H and O–H groups in total. The minimum absolute atomic E-state index is 0.184. The maximum absolute atomic E-state index is 11.7. The van der Waals surface area contributed by atoms with Crippen molar-refractivity contribution in [3.63, 3.8) is 0 Å². The van der Waals surface area contributed by atoms with E-state index in [2.05, 4.69) is 5.32 Å². The zero-order valence-electron chi connectivity index (χ0n) is 11.2. The van der Waals surface area contributed by atoms with E-state index in [-0.39, 0.29) is 12.5 Å². The van der Waals surface area contributed by atoms with Crippen LogP contribution in [0.2, 0.25) is 0 Å². The molecule has 1 aromatic carbocycles. The van der Waals surface area contributed by atoms with Gasteiger partial charge in [-0.2, -0.15) is 0 Å². The van der Waals surface area contributed by atoms with Crippen LogP contribution in [-0.2, 0) is 17.9 Å². The monoisotopic (exact) mass is 274 g/mol. The van der Waals surface area contributed by atoms with Gasteiger partial charge in [-0.15, -0.1) is 0 Å². The van der Waals surface area contributed by atoms with Crippen molar-refractivity contribution in [2.45, 2.75) is 13.2 Å². The molecule has 1 heterocycles. The number of carbonyl (C=O) groups is 1. The van der Waals surface area contributed by atoms with E-state index in [1.165, 1.54) is 6.26 Å². The molecule has 0 atom stereocenters. The molecule has 2 aromatic rings. The summed E-state index contributed by atoms with van der Waals surface area (Å²) < 4.78 is 10.6. The first-order valence-corrected chi connectivity index (χ1v) is 6.47. The highest BCUT2D eigenvalue weighted by atomic mass is 16.5. The molecular formula is C15H18N2O3. The highest BCUT2D eigenvalue weighted by Crippen LogP contribution is 2.06. The quantitative estimate of drug-likeness (QED) is 0.753. The Labute approximate surface area is 117 Å². The highest BCUT2D eigenvalue weighted by Gasteiger charge is 2.08. The maximum atomic E-state index is 11.7. The molecule has 0 spiro atoms. The van der Waals surface area contributed by atoms with Gasteiger partial charge in [0.25, 0.3) is 5.91 Å². The normalized spacial score (nSPS) is 10.4. The van der Waals surface area contributed by atoms with Crippen LogP contribution in [0, 0.1) is 0 Å². The molecule has 1 aromatic heterocycles. The molecule has 0 bridgehead atoms. The summed E-state index contributed by atoms with van der Waals surface area (Å²) >= 11 is 0. The summed E-state index contributed by atoms with van der Waals surface area (Å²) in [5.74, 6) is 0.409. The Balaban J connectivity index is 1.64. The molecule has 0 unspecified atom stereocenters. The Kier molecular flexibility index (Phi) is 5.34. The fourth-order valence-corrected chi connectivity index (χ4v) is 1.71. The van der Waals surface area contributed by atoms with Crippen LogP contribution < -0.4 is 11.1 Å². The Morgan fingerprint density at radius 3 is 2.80 bits per heavy atom. The van der Waals surface area contributed by atoms with Gasteiger partial charge in [0.05, 0.1) is 25.3 Å². The van der Waals surface area contributed by atoms with Crippen molar-refractivity contribution in [2.24, 2.45) is 5.73 Å². The molecule has 0 radical (unpaired) electrons. The van der Waals surface area contributed by atoms with Crippen LogP contribution in [0.5, 0.6) is 0 Å². The summed E-state index contributed by atoms with van der Waals surface area (Å²) in [6, 6.07) is 11.5. The summed E-state index contributed by atoms with van der Waals surface area (Å²) in [5, 5.41) is 2.76. The third kappa shape index (κ3) is 4.22. The molecule has 5 nitrogen and oxygen atoms in total. The van der Waals surface area contributed by atoms with E-state index in [1.807, 2.05) is 30.3 Å². The second-order valence-electron chi connectivity index (χ2n) is 4.30. The third-order valence-corrected chi connectivity index (χ3v) is 2.76. The lowest BCUT2D eigenvalue weighted by Crippen LogP contribution is -2.26. The maximum Gasteiger partial charge on any atom is 0.254 e. The first-order chi connectivity index (χ1) is 9.79. The van der Waals surface area contributed by atoms with Crippen molar-refractivity contribution >= 4 is 5.91 Å². The number of furan rings is 1. The van der Waals surface area contributed by atoms with E-state index in [1.54, 1.807) is 6.07 Å². The van der Waals surface area contributed by atoms with E-state index in [9.17, 15) is 4.79 Å². The number of rotatable bonds is 7. The van der Waals surface area contributed by atoms with Crippen molar-refractivity contribution in [1.82, 2.24) is 5.32 Å². The summed E-state index contributed by atoms with van der Waals surface area (Å²) in [6.07, 6.45) is 1.41. The number of nitrogens with one attached hydrogen (secondary N) is 1. The van der Waals surface area contributed by atoms with Crippen molar-refractivity contribution in [1.29, 1.82) is 0 Å². The van der Waals surface area contributed by atoms with Crippen LogP contribution in [0.4, 0.5) is 0 Å². The van der Waals surface area contributed by atoms with Crippen LogP contribution >= 0.6 is 0 Å². The standard InChI is InChI=1S/C15H18N2O3/c16-9-14-8-13(11-20-14)15(18)17-6-7-19-10-12-4-2-1-3-5-12/h1-5,8,11H,6-7,9-10,16H2,(H,17,18). The van der Waals surface area contributed by atoms with Crippen molar-refractivity contribution in [3.8, 4) is 0 Å². The van der Waals surface area contributed by atoms with E-state index in [4.69, 9.17) is 14.9 Å². The molecule has 0 aliphatic carbocycles. The SMILES string of the molecule is NCc1cc(C(=O)NCCOCc2ccccc2)co1. The predicted octanol–water partition coefficient (Wildman–Crippen LogP) is 1.68. The first-order valence-electron chi connectivity index (χ1n) is 6.47. The molecule has 1 amide bonds.